The Kier molecular flexibility index (Phi) is 3.57. The third-order valence-corrected chi connectivity index (χ3v) is 4.72. The van der Waals surface area contributed by atoms with E-state index in [0.29, 0.717) is 10.7 Å². The van der Waals surface area contributed by atoms with E-state index < -0.39 is 10.0 Å². The predicted octanol–water partition coefficient (Wildman–Crippen LogP) is 4.29. The highest BCUT2D eigenvalue weighted by atomic mass is 35.5. The Bertz CT molecular complexity index is 907. The van der Waals surface area contributed by atoms with Crippen LogP contribution >= 0.6 is 11.6 Å². The van der Waals surface area contributed by atoms with Gasteiger partial charge in [-0.25, -0.2) is 8.42 Å². The van der Waals surface area contributed by atoms with E-state index in [2.05, 4.69) is 4.72 Å². The van der Waals surface area contributed by atoms with Crippen molar-refractivity contribution in [1.82, 2.24) is 0 Å². The predicted molar refractivity (Wildman–Crippen MR) is 86.2 cm³/mol. The number of hydrogen-bond acceptors (Lipinski definition) is 2. The van der Waals surface area contributed by atoms with Gasteiger partial charge in [-0.1, -0.05) is 48.0 Å². The maximum Gasteiger partial charge on any atom is 0.261 e. The third kappa shape index (κ3) is 3.01. The van der Waals surface area contributed by atoms with Crippen LogP contribution in [0.3, 0.4) is 0 Å². The van der Waals surface area contributed by atoms with Crippen LogP contribution in [-0.2, 0) is 10.0 Å². The molecule has 0 aliphatic heterocycles. The smallest absolute Gasteiger partial charge is 0.261 e. The molecule has 0 aromatic heterocycles. The first-order valence-electron chi connectivity index (χ1n) is 6.32. The van der Waals surface area contributed by atoms with Crippen molar-refractivity contribution in [2.24, 2.45) is 0 Å². The van der Waals surface area contributed by atoms with Gasteiger partial charge in [0.2, 0.25) is 0 Å². The summed E-state index contributed by atoms with van der Waals surface area (Å²) in [5.41, 5.74) is 0.522. The molecule has 5 heteroatoms. The van der Waals surface area contributed by atoms with Crippen molar-refractivity contribution in [1.29, 1.82) is 0 Å². The van der Waals surface area contributed by atoms with Gasteiger partial charge in [0.1, 0.15) is 0 Å². The lowest BCUT2D eigenvalue weighted by molar-refractivity contribution is 0.601. The van der Waals surface area contributed by atoms with Crippen molar-refractivity contribution in [3.63, 3.8) is 0 Å². The summed E-state index contributed by atoms with van der Waals surface area (Å²) >= 11 is 5.84. The highest BCUT2D eigenvalue weighted by Gasteiger charge is 2.14. The molecule has 0 heterocycles. The normalized spacial score (nSPS) is 11.5. The van der Waals surface area contributed by atoms with Crippen LogP contribution in [0.2, 0.25) is 5.02 Å². The molecule has 0 spiro atoms. The molecule has 1 N–H and O–H groups in total. The standard InChI is InChI=1S/C16H12ClNO2S/c17-14-6-3-7-16(11-14)21(19,20)18-15-9-8-12-4-1-2-5-13(12)10-15/h1-11,18H. The summed E-state index contributed by atoms with van der Waals surface area (Å²) < 4.78 is 27.2. The van der Waals surface area contributed by atoms with Crippen LogP contribution in [-0.4, -0.2) is 8.42 Å². The highest BCUT2D eigenvalue weighted by molar-refractivity contribution is 7.92. The average Bonchev–Trinajstić information content (AvgIpc) is 2.47. The fourth-order valence-corrected chi connectivity index (χ4v) is 3.45. The topological polar surface area (TPSA) is 46.2 Å². The second-order valence-corrected chi connectivity index (χ2v) is 6.74. The Morgan fingerprint density at radius 2 is 1.57 bits per heavy atom. The Labute approximate surface area is 128 Å². The van der Waals surface area contributed by atoms with E-state index >= 15 is 0 Å². The van der Waals surface area contributed by atoms with E-state index in [0.717, 1.165) is 10.8 Å². The zero-order valence-electron chi connectivity index (χ0n) is 11.0. The summed E-state index contributed by atoms with van der Waals surface area (Å²) in [5, 5.41) is 2.42. The second kappa shape index (κ2) is 5.39. The van der Waals surface area contributed by atoms with Crippen molar-refractivity contribution in [2.45, 2.75) is 4.90 Å². The van der Waals surface area contributed by atoms with Gasteiger partial charge in [-0.3, -0.25) is 4.72 Å². The first-order valence-corrected chi connectivity index (χ1v) is 8.18. The average molecular weight is 318 g/mol. The first-order chi connectivity index (χ1) is 10.0. The van der Waals surface area contributed by atoms with Crippen molar-refractivity contribution in [3.05, 3.63) is 71.8 Å². The molecule has 0 radical (unpaired) electrons. The van der Waals surface area contributed by atoms with Gasteiger partial charge in [-0.15, -0.1) is 0 Å². The molecule has 3 rings (SSSR count). The largest absolute Gasteiger partial charge is 0.280 e. The number of rotatable bonds is 3. The van der Waals surface area contributed by atoms with Gasteiger partial charge in [-0.2, -0.15) is 0 Å². The second-order valence-electron chi connectivity index (χ2n) is 4.62. The van der Waals surface area contributed by atoms with Crippen LogP contribution in [0.15, 0.2) is 71.6 Å². The van der Waals surface area contributed by atoms with E-state index in [4.69, 9.17) is 11.6 Å². The molecule has 3 aromatic carbocycles. The SMILES string of the molecule is O=S(=O)(Nc1ccc2ccccc2c1)c1cccc(Cl)c1. The minimum absolute atomic E-state index is 0.142. The number of halogens is 1. The van der Waals surface area contributed by atoms with Crippen LogP contribution in [0.4, 0.5) is 5.69 Å². The number of anilines is 1. The Morgan fingerprint density at radius 3 is 2.33 bits per heavy atom. The quantitative estimate of drug-likeness (QED) is 0.783. The maximum absolute atomic E-state index is 12.3. The Balaban J connectivity index is 1.97. The zero-order valence-corrected chi connectivity index (χ0v) is 12.5. The van der Waals surface area contributed by atoms with Gasteiger partial charge in [-0.05, 0) is 41.1 Å². The minimum atomic E-state index is -3.64. The fraction of sp³-hybridized carbons (Fsp3) is 0. The summed E-state index contributed by atoms with van der Waals surface area (Å²) in [7, 11) is -3.64. The van der Waals surface area contributed by atoms with Crippen molar-refractivity contribution in [2.75, 3.05) is 4.72 Å². The molecule has 0 aliphatic rings. The number of nitrogens with one attached hydrogen (secondary N) is 1. The molecule has 0 atom stereocenters. The monoisotopic (exact) mass is 317 g/mol. The minimum Gasteiger partial charge on any atom is -0.280 e. The lowest BCUT2D eigenvalue weighted by atomic mass is 10.1. The van der Waals surface area contributed by atoms with E-state index in [9.17, 15) is 8.42 Å². The number of fused-ring (bicyclic) bond motifs is 1. The molecule has 106 valence electrons. The molecule has 0 saturated carbocycles. The lowest BCUT2D eigenvalue weighted by Gasteiger charge is -2.09. The van der Waals surface area contributed by atoms with Crippen LogP contribution in [0.25, 0.3) is 10.8 Å². The Morgan fingerprint density at radius 1 is 0.810 bits per heavy atom. The molecule has 0 unspecified atom stereocenters. The van der Waals surface area contributed by atoms with Gasteiger partial charge in [0, 0.05) is 10.7 Å². The van der Waals surface area contributed by atoms with E-state index in [1.165, 1.54) is 12.1 Å². The summed E-state index contributed by atoms with van der Waals surface area (Å²) in [4.78, 5) is 0.142. The zero-order chi connectivity index (χ0) is 14.9. The van der Waals surface area contributed by atoms with Gasteiger partial charge in [0.05, 0.1) is 4.90 Å². The molecule has 0 amide bonds. The summed E-state index contributed by atoms with van der Waals surface area (Å²) in [6.07, 6.45) is 0. The molecule has 3 aromatic rings. The summed E-state index contributed by atoms with van der Waals surface area (Å²) in [5.74, 6) is 0. The van der Waals surface area contributed by atoms with Crippen LogP contribution < -0.4 is 4.72 Å². The van der Waals surface area contributed by atoms with E-state index in [-0.39, 0.29) is 4.90 Å². The summed E-state index contributed by atoms with van der Waals surface area (Å²) in [6.45, 7) is 0. The lowest BCUT2D eigenvalue weighted by Crippen LogP contribution is -2.12. The molecular formula is C16H12ClNO2S. The van der Waals surface area contributed by atoms with Crippen LogP contribution in [0.1, 0.15) is 0 Å². The number of hydrogen-bond donors (Lipinski definition) is 1. The first kappa shape index (κ1) is 13.9. The van der Waals surface area contributed by atoms with E-state index in [1.54, 1.807) is 24.3 Å². The van der Waals surface area contributed by atoms with Gasteiger partial charge < -0.3 is 0 Å². The molecule has 3 nitrogen and oxygen atoms in total. The van der Waals surface area contributed by atoms with Gasteiger partial charge in [0.25, 0.3) is 10.0 Å². The van der Waals surface area contributed by atoms with Crippen LogP contribution in [0.5, 0.6) is 0 Å². The van der Waals surface area contributed by atoms with Crippen molar-refractivity contribution >= 4 is 38.1 Å². The molecule has 0 aliphatic carbocycles. The highest BCUT2D eigenvalue weighted by Crippen LogP contribution is 2.22. The van der Waals surface area contributed by atoms with Crippen molar-refractivity contribution < 1.29 is 8.42 Å². The fourth-order valence-electron chi connectivity index (χ4n) is 2.10. The van der Waals surface area contributed by atoms with Crippen molar-refractivity contribution in [3.8, 4) is 0 Å². The third-order valence-electron chi connectivity index (χ3n) is 3.11. The van der Waals surface area contributed by atoms with Gasteiger partial charge in [0.15, 0.2) is 0 Å². The number of sulfonamides is 1. The van der Waals surface area contributed by atoms with E-state index in [1.807, 2.05) is 30.3 Å². The summed E-state index contributed by atoms with van der Waals surface area (Å²) in [6, 6.07) is 19.4. The molecule has 0 fully saturated rings. The Hall–Kier alpha value is -2.04. The molecular weight excluding hydrogens is 306 g/mol. The maximum atomic E-state index is 12.3. The molecule has 21 heavy (non-hydrogen) atoms. The van der Waals surface area contributed by atoms with Crippen LogP contribution in [0, 0.1) is 0 Å². The number of benzene rings is 3. The molecule has 0 saturated heterocycles. The molecule has 0 bridgehead atoms. The van der Waals surface area contributed by atoms with Gasteiger partial charge >= 0.3 is 0 Å².